The number of allylic oxidation sites excluding steroid dienone is 4. The Labute approximate surface area is 572 Å². The van der Waals surface area contributed by atoms with E-state index in [-0.39, 0.29) is 85.6 Å². The molecule has 18 nitrogen and oxygen atoms in total. The fourth-order valence-corrected chi connectivity index (χ4v) is 19.1. The van der Waals surface area contributed by atoms with Crippen molar-refractivity contribution < 1.29 is 63.9 Å². The minimum Gasteiger partial charge on any atom is -0.465 e. The zero-order valence-electron chi connectivity index (χ0n) is 54.3. The number of nitrogens with zero attached hydrogens (tertiary/aromatic N) is 4. The Kier molecular flexibility index (Phi) is 19.8. The van der Waals surface area contributed by atoms with Crippen LogP contribution in [-0.4, -0.2) is 119 Å². The van der Waals surface area contributed by atoms with Crippen LogP contribution in [0.3, 0.4) is 0 Å². The number of thiazole rings is 2. The van der Waals surface area contributed by atoms with Crippen LogP contribution in [0.2, 0.25) is 0 Å². The summed E-state index contributed by atoms with van der Waals surface area (Å²) in [5, 5.41) is 0.351. The molecule has 4 aliphatic heterocycles. The summed E-state index contributed by atoms with van der Waals surface area (Å²) >= 11 is 2.80. The standard InChI is InChI=1S/C37H42FN3O6S2.C36H40FN3O6S2/c1-36(17-18-36)49(45,46)40-34(44)37-21-26(37)10-6-4-2-3-5-9-25(19-24-13-15-27(38)16-14-24)33(43)41-23-28(20-30(41)31(42)22-37)47-35-39-29-11-7-8-12-32(29)48-35;37-26-14-12-23(13-15-26)18-24-8-4-2-1-3-5-9-25-20-36(25,34(43)39-48(44,45)28-16-17-28)21-31(41)30-19-27(22-40(30)33(24)42)46-35-38-29-10-6-7-11-32(29)47-35/h6-8,10-16,25-26,28,30H,2-5,9,17-23H2,1H3,(H,40,44);5-7,9-15,24-25,27-28,30H,1-4,8,16-22H2,(H,39,43)/b10-6-;9-5-/t25-,26-,28-,30+,37-;24-,25-,27-,30+,36-/m11/s1. The van der Waals surface area contributed by atoms with Crippen LogP contribution >= 0.6 is 22.7 Å². The van der Waals surface area contributed by atoms with Crippen molar-refractivity contribution in [2.75, 3.05) is 13.1 Å². The first-order valence-corrected chi connectivity index (χ1v) is 38.9. The van der Waals surface area contributed by atoms with Crippen molar-refractivity contribution >= 4 is 98.3 Å². The molecule has 97 heavy (non-hydrogen) atoms. The number of Topliss-reactive ketones (excluding diaryl/α,β-unsaturated/α-hetero) is 2. The van der Waals surface area contributed by atoms with Gasteiger partial charge in [-0.1, -0.05) is 121 Å². The van der Waals surface area contributed by atoms with Gasteiger partial charge in [0.2, 0.25) is 43.7 Å². The molecular weight excluding hydrogens is 1320 g/mol. The van der Waals surface area contributed by atoms with Gasteiger partial charge in [-0.2, -0.15) is 0 Å². The second-order valence-electron chi connectivity index (χ2n) is 28.3. The molecule has 514 valence electrons. The number of fused-ring (bicyclic) bond motifs is 6. The van der Waals surface area contributed by atoms with Gasteiger partial charge < -0.3 is 19.3 Å². The van der Waals surface area contributed by atoms with E-state index in [0.717, 1.165) is 82.9 Å². The number of amides is 4. The van der Waals surface area contributed by atoms with Gasteiger partial charge in [0.05, 0.1) is 66.4 Å². The number of benzene rings is 4. The third-order valence-electron chi connectivity index (χ3n) is 21.2. The highest BCUT2D eigenvalue weighted by molar-refractivity contribution is 7.91. The highest BCUT2D eigenvalue weighted by Gasteiger charge is 2.64. The van der Waals surface area contributed by atoms with E-state index < -0.39 is 88.8 Å². The number of halogens is 2. The molecule has 2 N–H and O–H groups in total. The maximum absolute atomic E-state index is 14.5. The minimum absolute atomic E-state index is 0.164. The summed E-state index contributed by atoms with van der Waals surface area (Å²) in [6, 6.07) is 26.0. The highest BCUT2D eigenvalue weighted by atomic mass is 32.2. The van der Waals surface area contributed by atoms with Gasteiger partial charge in [0.15, 0.2) is 11.6 Å². The van der Waals surface area contributed by atoms with E-state index in [1.165, 1.54) is 46.9 Å². The fraction of sp³-hybridized carbons (Fsp3) is 0.507. The van der Waals surface area contributed by atoms with Crippen LogP contribution in [0.1, 0.15) is 146 Å². The molecule has 0 unspecified atom stereocenters. The monoisotopic (exact) mass is 1400 g/mol. The van der Waals surface area contributed by atoms with Crippen molar-refractivity contribution in [3.8, 4) is 10.4 Å². The van der Waals surface area contributed by atoms with Crippen LogP contribution < -0.4 is 18.9 Å². The Morgan fingerprint density at radius 1 is 0.577 bits per heavy atom. The number of carbonyl (C=O) groups excluding carboxylic acids is 6. The number of hydrogen-bond acceptors (Lipinski definition) is 16. The molecular formula is C73H82F2N6O12S4. The summed E-state index contributed by atoms with van der Waals surface area (Å²) in [7, 11) is -7.70. The molecule has 0 radical (unpaired) electrons. The Balaban J connectivity index is 0.000000175. The highest BCUT2D eigenvalue weighted by Crippen LogP contribution is 2.59. The van der Waals surface area contributed by atoms with E-state index in [1.54, 1.807) is 41.0 Å². The molecule has 0 bridgehead atoms. The van der Waals surface area contributed by atoms with Crippen LogP contribution in [-0.2, 0) is 61.7 Å². The van der Waals surface area contributed by atoms with Gasteiger partial charge in [-0.25, -0.2) is 35.6 Å². The molecule has 4 amide bonds. The predicted molar refractivity (Wildman–Crippen MR) is 365 cm³/mol. The summed E-state index contributed by atoms with van der Waals surface area (Å²) in [5.41, 5.74) is 0.918. The van der Waals surface area contributed by atoms with Crippen molar-refractivity contribution in [1.82, 2.24) is 29.2 Å². The molecule has 4 saturated carbocycles. The van der Waals surface area contributed by atoms with Crippen molar-refractivity contribution in [3.05, 3.63) is 144 Å². The number of carbonyl (C=O) groups is 6. The minimum atomic E-state index is -3.90. The number of hydrogen-bond donors (Lipinski definition) is 2. The molecule has 10 atom stereocenters. The summed E-state index contributed by atoms with van der Waals surface area (Å²) in [6.45, 7) is 1.99. The van der Waals surface area contributed by atoms with Gasteiger partial charge in [0.1, 0.15) is 23.8 Å². The van der Waals surface area contributed by atoms with Gasteiger partial charge in [0, 0.05) is 37.5 Å². The SMILES string of the molecule is CC1(S(=O)(=O)NC(=O)[C@]23CC(=O)[C@@H]4C[C@@H](Oc5nc6ccccc6s5)CN4C(=O)[C@@H](Cc4ccc(F)cc4)CCCCC/C=C\[C@@H]2C3)CC1.O=C1C[C@]2(C(=O)NS(=O)(=O)C3CC3)C[C@H]2/C=C\CCCCC[C@H](Cc2ccc(F)cc2)C(=O)N2C[C@H](Oc3nc4ccccc4s3)C[C@@H]12. The molecule has 6 heterocycles. The van der Waals surface area contributed by atoms with Crippen LogP contribution in [0.4, 0.5) is 8.78 Å². The average Bonchev–Trinajstić information content (AvgIpc) is 1.57. The van der Waals surface area contributed by atoms with Crippen molar-refractivity contribution in [1.29, 1.82) is 0 Å². The maximum Gasteiger partial charge on any atom is 0.274 e. The van der Waals surface area contributed by atoms with Crippen LogP contribution in [0.25, 0.3) is 20.4 Å². The third-order valence-corrected chi connectivity index (χ3v) is 27.0. The Hall–Kier alpha value is -7.28. The van der Waals surface area contributed by atoms with Gasteiger partial charge in [-0.05, 0) is 168 Å². The largest absolute Gasteiger partial charge is 0.465 e. The topological polar surface area (TPSA) is 245 Å². The van der Waals surface area contributed by atoms with Gasteiger partial charge in [0.25, 0.3) is 10.4 Å². The zero-order chi connectivity index (χ0) is 67.9. The van der Waals surface area contributed by atoms with Crippen LogP contribution in [0.15, 0.2) is 121 Å². The lowest BCUT2D eigenvalue weighted by Gasteiger charge is -2.29. The fourth-order valence-electron chi connectivity index (χ4n) is 14.6. The van der Waals surface area contributed by atoms with E-state index in [1.807, 2.05) is 72.8 Å². The molecule has 0 spiro atoms. The number of nitrogens with one attached hydrogen (secondary N) is 2. The molecule has 6 fully saturated rings. The number of ketones is 2. The van der Waals surface area contributed by atoms with E-state index in [4.69, 9.17) is 9.47 Å². The lowest BCUT2D eigenvalue weighted by molar-refractivity contribution is -0.142. The lowest BCUT2D eigenvalue weighted by Crippen LogP contribution is -2.47. The number of aromatic nitrogens is 2. The smallest absolute Gasteiger partial charge is 0.274 e. The van der Waals surface area contributed by atoms with Crippen molar-refractivity contribution in [2.45, 2.75) is 182 Å². The molecule has 4 aliphatic carbocycles. The van der Waals surface area contributed by atoms with Gasteiger partial charge >= 0.3 is 0 Å². The molecule has 24 heteroatoms. The average molecular weight is 1400 g/mol. The van der Waals surface area contributed by atoms with E-state index in [0.29, 0.717) is 74.6 Å². The number of para-hydroxylation sites is 2. The first-order chi connectivity index (χ1) is 46.6. The van der Waals surface area contributed by atoms with E-state index >= 15 is 0 Å². The molecule has 2 saturated heterocycles. The van der Waals surface area contributed by atoms with Gasteiger partial charge in [-0.15, -0.1) is 0 Å². The Morgan fingerprint density at radius 3 is 1.43 bits per heavy atom. The summed E-state index contributed by atoms with van der Waals surface area (Å²) in [6.07, 6.45) is 18.7. The van der Waals surface area contributed by atoms with Crippen molar-refractivity contribution in [2.24, 2.45) is 34.5 Å². The normalized spacial score (nSPS) is 29.1. The molecule has 2 aromatic heterocycles. The van der Waals surface area contributed by atoms with Crippen molar-refractivity contribution in [3.63, 3.8) is 0 Å². The van der Waals surface area contributed by atoms with E-state index in [2.05, 4.69) is 19.4 Å². The Bertz CT molecular complexity index is 4200. The molecule has 8 aliphatic rings. The van der Waals surface area contributed by atoms with E-state index in [9.17, 15) is 54.4 Å². The van der Waals surface area contributed by atoms with Gasteiger partial charge in [-0.3, -0.25) is 38.2 Å². The number of ether oxygens (including phenoxy) is 2. The maximum atomic E-state index is 14.5. The second-order valence-corrected chi connectivity index (χ2v) is 34.5. The quantitative estimate of drug-likeness (QED) is 0.0964. The summed E-state index contributed by atoms with van der Waals surface area (Å²) in [4.78, 5) is 97.6. The lowest BCUT2D eigenvalue weighted by atomic mass is 9.90. The summed E-state index contributed by atoms with van der Waals surface area (Å²) < 4.78 is 97.4. The number of rotatable bonds is 14. The van der Waals surface area contributed by atoms with Crippen LogP contribution in [0, 0.1) is 46.1 Å². The second kappa shape index (κ2) is 28.2. The van der Waals surface area contributed by atoms with Crippen LogP contribution in [0.5, 0.6) is 10.4 Å². The molecule has 6 aromatic rings. The zero-order valence-corrected chi connectivity index (χ0v) is 57.6. The molecule has 4 aromatic carbocycles. The first kappa shape index (κ1) is 68.3. The summed E-state index contributed by atoms with van der Waals surface area (Å²) in [5.74, 6) is -4.23. The molecule has 14 rings (SSSR count). The third kappa shape index (κ3) is 15.5. The number of sulfonamides is 2. The Morgan fingerprint density at radius 2 is 1.01 bits per heavy atom. The first-order valence-electron chi connectivity index (χ1n) is 34.2. The predicted octanol–water partition coefficient (Wildman–Crippen LogP) is 11.9.